The maximum absolute atomic E-state index is 5.15. The molecule has 6 heteroatoms. The average molecular weight is 373 g/mol. The molecule has 0 aliphatic heterocycles. The molecule has 0 fully saturated rings. The molecule has 3 nitrogen and oxygen atoms in total. The Morgan fingerprint density at radius 2 is 2.40 bits per heavy atom. The van der Waals surface area contributed by atoms with Crippen LogP contribution in [0.15, 0.2) is 15.9 Å². The summed E-state index contributed by atoms with van der Waals surface area (Å²) in [6.45, 7) is 1.55. The van der Waals surface area contributed by atoms with E-state index in [1.165, 1.54) is 33.3 Å². The van der Waals surface area contributed by atoms with Crippen molar-refractivity contribution in [2.24, 2.45) is 0 Å². The topological polar surface area (TPSA) is 34.1 Å². The molecule has 3 rings (SSSR count). The molecule has 1 aliphatic rings. The number of nitrogens with zero attached hydrogens (tertiary/aromatic N) is 1. The Morgan fingerprint density at radius 3 is 3.10 bits per heavy atom. The second kappa shape index (κ2) is 6.66. The first-order valence-corrected chi connectivity index (χ1v) is 9.21. The van der Waals surface area contributed by atoms with Crippen molar-refractivity contribution in [1.29, 1.82) is 0 Å². The predicted octanol–water partition coefficient (Wildman–Crippen LogP) is 3.78. The number of nitrogens with one attached hydrogen (secondary N) is 1. The van der Waals surface area contributed by atoms with Crippen molar-refractivity contribution in [2.75, 3.05) is 20.3 Å². The predicted molar refractivity (Wildman–Crippen MR) is 87.9 cm³/mol. The van der Waals surface area contributed by atoms with E-state index < -0.39 is 0 Å². The van der Waals surface area contributed by atoms with Gasteiger partial charge in [0.25, 0.3) is 0 Å². The van der Waals surface area contributed by atoms with Gasteiger partial charge in [-0.15, -0.1) is 22.7 Å². The summed E-state index contributed by atoms with van der Waals surface area (Å²) in [4.78, 5) is 7.65. The van der Waals surface area contributed by atoms with E-state index >= 15 is 0 Å². The van der Waals surface area contributed by atoms with E-state index in [0.717, 1.165) is 17.4 Å². The van der Waals surface area contributed by atoms with Gasteiger partial charge >= 0.3 is 0 Å². The summed E-state index contributed by atoms with van der Waals surface area (Å²) in [5.74, 6) is 0. The fourth-order valence-corrected chi connectivity index (χ4v) is 5.27. The largest absolute Gasteiger partial charge is 0.383 e. The number of halogens is 1. The summed E-state index contributed by atoms with van der Waals surface area (Å²) in [5.41, 5.74) is 1.32. The molecule has 1 unspecified atom stereocenters. The molecule has 0 saturated carbocycles. The third-order valence-corrected chi connectivity index (χ3v) is 6.37. The van der Waals surface area contributed by atoms with Crippen LogP contribution in [0, 0.1) is 0 Å². The summed E-state index contributed by atoms with van der Waals surface area (Å²) in [6.07, 6.45) is 3.61. The summed E-state index contributed by atoms with van der Waals surface area (Å²) in [6, 6.07) is 2.37. The average Bonchev–Trinajstić information content (AvgIpc) is 3.10. The summed E-state index contributed by atoms with van der Waals surface area (Å²) < 4.78 is 6.28. The van der Waals surface area contributed by atoms with Gasteiger partial charge in [-0.05, 0) is 41.3 Å². The van der Waals surface area contributed by atoms with Crippen LogP contribution in [-0.2, 0) is 17.6 Å². The highest BCUT2D eigenvalue weighted by molar-refractivity contribution is 9.10. The van der Waals surface area contributed by atoms with E-state index in [1.54, 1.807) is 18.4 Å². The third kappa shape index (κ3) is 3.14. The molecule has 0 aromatic carbocycles. The Kier molecular flexibility index (Phi) is 4.88. The van der Waals surface area contributed by atoms with Crippen LogP contribution in [0.1, 0.15) is 32.9 Å². The Hall–Kier alpha value is -0.270. The number of hydrogen-bond donors (Lipinski definition) is 1. The molecule has 20 heavy (non-hydrogen) atoms. The van der Waals surface area contributed by atoms with Crippen LogP contribution in [0.4, 0.5) is 0 Å². The van der Waals surface area contributed by atoms with Gasteiger partial charge in [-0.2, -0.15) is 0 Å². The van der Waals surface area contributed by atoms with Crippen LogP contribution in [0.25, 0.3) is 0 Å². The number of hydrogen-bond acceptors (Lipinski definition) is 5. The SMILES string of the molecule is COCCNC(c1cc(Br)cs1)c1nc2c(s1)CCC2. The van der Waals surface area contributed by atoms with E-state index in [2.05, 4.69) is 32.7 Å². The van der Waals surface area contributed by atoms with Gasteiger partial charge in [0.15, 0.2) is 0 Å². The van der Waals surface area contributed by atoms with Crippen molar-refractivity contribution < 1.29 is 4.74 Å². The van der Waals surface area contributed by atoms with Gasteiger partial charge in [-0.25, -0.2) is 4.98 Å². The molecule has 1 N–H and O–H groups in total. The molecule has 0 amide bonds. The first kappa shape index (κ1) is 14.7. The third-order valence-electron chi connectivity index (χ3n) is 3.39. The van der Waals surface area contributed by atoms with E-state index in [-0.39, 0.29) is 6.04 Å². The second-order valence-corrected chi connectivity index (χ2v) is 7.80. The normalized spacial score (nSPS) is 15.5. The van der Waals surface area contributed by atoms with Crippen LogP contribution < -0.4 is 5.32 Å². The number of ether oxygens (including phenoxy) is 1. The van der Waals surface area contributed by atoms with E-state index in [0.29, 0.717) is 6.61 Å². The highest BCUT2D eigenvalue weighted by Crippen LogP contribution is 2.35. The second-order valence-electron chi connectivity index (χ2n) is 4.82. The molecule has 2 heterocycles. The minimum atomic E-state index is 0.192. The first-order chi connectivity index (χ1) is 9.78. The van der Waals surface area contributed by atoms with Crippen molar-refractivity contribution in [2.45, 2.75) is 25.3 Å². The fourth-order valence-electron chi connectivity index (χ4n) is 2.43. The molecule has 0 spiro atoms. The van der Waals surface area contributed by atoms with Crippen LogP contribution in [0.2, 0.25) is 0 Å². The highest BCUT2D eigenvalue weighted by atomic mass is 79.9. The zero-order valence-electron chi connectivity index (χ0n) is 11.3. The minimum Gasteiger partial charge on any atom is -0.383 e. The number of methoxy groups -OCH3 is 1. The van der Waals surface area contributed by atoms with Crippen molar-refractivity contribution in [3.8, 4) is 0 Å². The molecular formula is C14H17BrN2OS2. The number of thiophene rings is 1. The van der Waals surface area contributed by atoms with E-state index in [4.69, 9.17) is 9.72 Å². The molecule has 1 aliphatic carbocycles. The highest BCUT2D eigenvalue weighted by Gasteiger charge is 2.23. The Balaban J connectivity index is 1.83. The smallest absolute Gasteiger partial charge is 0.115 e. The number of fused-ring (bicyclic) bond motifs is 1. The van der Waals surface area contributed by atoms with Crippen LogP contribution in [0.5, 0.6) is 0 Å². The molecule has 0 bridgehead atoms. The van der Waals surface area contributed by atoms with Gasteiger partial charge < -0.3 is 10.1 Å². The summed E-state index contributed by atoms with van der Waals surface area (Å²) in [5, 5.41) is 6.89. The van der Waals surface area contributed by atoms with Crippen molar-refractivity contribution in [3.63, 3.8) is 0 Å². The monoisotopic (exact) mass is 372 g/mol. The standard InChI is InChI=1S/C14H17BrN2OS2/c1-18-6-5-16-13(12-7-9(15)8-19-12)14-17-10-3-2-4-11(10)20-14/h7-8,13,16H,2-6H2,1H3. The molecular weight excluding hydrogens is 356 g/mol. The molecule has 0 saturated heterocycles. The van der Waals surface area contributed by atoms with Crippen molar-refractivity contribution >= 4 is 38.6 Å². The van der Waals surface area contributed by atoms with Crippen molar-refractivity contribution in [3.05, 3.63) is 36.4 Å². The van der Waals surface area contributed by atoms with Crippen LogP contribution in [0.3, 0.4) is 0 Å². The first-order valence-electron chi connectivity index (χ1n) is 6.72. The number of aromatic nitrogens is 1. The number of rotatable bonds is 6. The number of thiazole rings is 1. The van der Waals surface area contributed by atoms with E-state index in [9.17, 15) is 0 Å². The molecule has 1 atom stereocenters. The van der Waals surface area contributed by atoms with Gasteiger partial charge in [0.2, 0.25) is 0 Å². The Labute approximate surface area is 135 Å². The van der Waals surface area contributed by atoms with Crippen molar-refractivity contribution in [1.82, 2.24) is 10.3 Å². The van der Waals surface area contributed by atoms with Gasteiger partial charge in [0.05, 0.1) is 18.3 Å². The fraction of sp³-hybridized carbons (Fsp3) is 0.500. The van der Waals surface area contributed by atoms with Gasteiger partial charge in [-0.1, -0.05) is 0 Å². The van der Waals surface area contributed by atoms with Gasteiger partial charge in [-0.3, -0.25) is 0 Å². The quantitative estimate of drug-likeness (QED) is 0.783. The number of aryl methyl sites for hydroxylation is 2. The maximum Gasteiger partial charge on any atom is 0.115 e. The Morgan fingerprint density at radius 1 is 1.50 bits per heavy atom. The minimum absolute atomic E-state index is 0.192. The summed E-state index contributed by atoms with van der Waals surface area (Å²) in [7, 11) is 1.73. The lowest BCUT2D eigenvalue weighted by atomic mass is 10.2. The molecule has 0 radical (unpaired) electrons. The van der Waals surface area contributed by atoms with Gasteiger partial charge in [0.1, 0.15) is 5.01 Å². The zero-order chi connectivity index (χ0) is 13.9. The zero-order valence-corrected chi connectivity index (χ0v) is 14.5. The molecule has 2 aromatic heterocycles. The van der Waals surface area contributed by atoms with Crippen LogP contribution in [-0.4, -0.2) is 25.2 Å². The lowest BCUT2D eigenvalue weighted by Crippen LogP contribution is -2.25. The van der Waals surface area contributed by atoms with Crippen LogP contribution >= 0.6 is 38.6 Å². The summed E-state index contributed by atoms with van der Waals surface area (Å²) >= 11 is 7.18. The molecule has 108 valence electrons. The lowest BCUT2D eigenvalue weighted by Gasteiger charge is -2.15. The lowest BCUT2D eigenvalue weighted by molar-refractivity contribution is 0.197. The van der Waals surface area contributed by atoms with E-state index in [1.807, 2.05) is 11.3 Å². The van der Waals surface area contributed by atoms with Gasteiger partial charge in [0, 0.05) is 33.3 Å². The molecule has 2 aromatic rings. The Bertz CT molecular complexity index is 560. The maximum atomic E-state index is 5.15.